The first-order valence-corrected chi connectivity index (χ1v) is 7.00. The van der Waals surface area contributed by atoms with Gasteiger partial charge in [-0.05, 0) is 13.0 Å². The molecule has 0 saturated heterocycles. The quantitative estimate of drug-likeness (QED) is 0.851. The first-order valence-electron chi connectivity index (χ1n) is 5.39. The number of nitrogens with two attached hydrogens (primary N) is 1. The summed E-state index contributed by atoms with van der Waals surface area (Å²) >= 11 is 0. The van der Waals surface area contributed by atoms with Crippen molar-refractivity contribution >= 4 is 19.3 Å². The number of hydrogen-bond donors (Lipinski definition) is 1. The van der Waals surface area contributed by atoms with Gasteiger partial charge in [-0.25, -0.2) is 10.1 Å². The molecule has 1 aliphatic rings. The minimum atomic E-state index is -3.87. The summed E-state index contributed by atoms with van der Waals surface area (Å²) in [4.78, 5) is 24.0. The van der Waals surface area contributed by atoms with Crippen LogP contribution < -0.4 is 5.50 Å². The SMILES string of the molecule is COP(N)(=O)OC1=CC(=O)c2ccc(C)cc2C1=O. The maximum Gasteiger partial charge on any atom is 0.455 e. The molecular weight excluding hydrogens is 269 g/mol. The summed E-state index contributed by atoms with van der Waals surface area (Å²) in [7, 11) is -2.78. The molecule has 6 nitrogen and oxygen atoms in total. The largest absolute Gasteiger partial charge is 0.455 e. The van der Waals surface area contributed by atoms with E-state index < -0.39 is 19.3 Å². The Morgan fingerprint density at radius 1 is 1.21 bits per heavy atom. The molecule has 1 aromatic carbocycles. The van der Waals surface area contributed by atoms with E-state index in [0.717, 1.165) is 18.7 Å². The molecule has 0 heterocycles. The number of rotatable bonds is 3. The average molecular weight is 281 g/mol. The minimum absolute atomic E-state index is 0.207. The first-order chi connectivity index (χ1) is 8.84. The van der Waals surface area contributed by atoms with E-state index in [-0.39, 0.29) is 16.9 Å². The first kappa shape index (κ1) is 13.7. The van der Waals surface area contributed by atoms with Crippen LogP contribution in [0.1, 0.15) is 26.3 Å². The van der Waals surface area contributed by atoms with Crippen LogP contribution in [0.4, 0.5) is 0 Å². The predicted octanol–water partition coefficient (Wildman–Crippen LogP) is 1.99. The Morgan fingerprint density at radius 2 is 1.89 bits per heavy atom. The topological polar surface area (TPSA) is 95.7 Å². The van der Waals surface area contributed by atoms with Crippen LogP contribution in [-0.2, 0) is 13.6 Å². The lowest BCUT2D eigenvalue weighted by atomic mass is 9.92. The highest BCUT2D eigenvalue weighted by Crippen LogP contribution is 2.42. The van der Waals surface area contributed by atoms with Crippen LogP contribution >= 0.6 is 7.75 Å². The molecule has 2 rings (SSSR count). The Kier molecular flexibility index (Phi) is 3.41. The minimum Gasteiger partial charge on any atom is -0.409 e. The van der Waals surface area contributed by atoms with Crippen molar-refractivity contribution in [1.29, 1.82) is 0 Å². The van der Waals surface area contributed by atoms with E-state index in [4.69, 9.17) is 10.0 Å². The lowest BCUT2D eigenvalue weighted by Gasteiger charge is -2.18. The van der Waals surface area contributed by atoms with Crippen molar-refractivity contribution in [3.05, 3.63) is 46.7 Å². The Labute approximate surface area is 109 Å². The van der Waals surface area contributed by atoms with E-state index in [1.807, 2.05) is 0 Å². The number of ketones is 2. The van der Waals surface area contributed by atoms with Crippen molar-refractivity contribution in [2.45, 2.75) is 6.92 Å². The van der Waals surface area contributed by atoms with E-state index in [9.17, 15) is 14.2 Å². The highest BCUT2D eigenvalue weighted by Gasteiger charge is 2.31. The third-order valence-corrected chi connectivity index (χ3v) is 3.61. The molecule has 19 heavy (non-hydrogen) atoms. The molecule has 1 unspecified atom stereocenters. The molecule has 0 radical (unpaired) electrons. The normalized spacial score (nSPS) is 17.5. The number of fused-ring (bicyclic) bond motifs is 1. The second-order valence-electron chi connectivity index (χ2n) is 4.06. The Morgan fingerprint density at radius 3 is 2.53 bits per heavy atom. The van der Waals surface area contributed by atoms with Crippen LogP contribution in [0.25, 0.3) is 0 Å². The smallest absolute Gasteiger partial charge is 0.409 e. The van der Waals surface area contributed by atoms with Crippen molar-refractivity contribution in [2.24, 2.45) is 5.50 Å². The number of allylic oxidation sites excluding steroid dienone is 2. The number of carbonyl (C=O) groups excluding carboxylic acids is 2. The molecule has 0 saturated carbocycles. The van der Waals surface area contributed by atoms with Gasteiger partial charge in [0, 0.05) is 24.3 Å². The van der Waals surface area contributed by atoms with Gasteiger partial charge >= 0.3 is 7.75 Å². The van der Waals surface area contributed by atoms with Crippen molar-refractivity contribution in [3.63, 3.8) is 0 Å². The maximum atomic E-state index is 12.1. The molecule has 7 heteroatoms. The Bertz CT molecular complexity index is 650. The van der Waals surface area contributed by atoms with Gasteiger partial charge in [0.25, 0.3) is 0 Å². The van der Waals surface area contributed by atoms with Gasteiger partial charge in [-0.2, -0.15) is 0 Å². The van der Waals surface area contributed by atoms with Crippen LogP contribution in [0.5, 0.6) is 0 Å². The summed E-state index contributed by atoms with van der Waals surface area (Å²) in [6.45, 7) is 1.79. The van der Waals surface area contributed by atoms with Crippen molar-refractivity contribution in [3.8, 4) is 0 Å². The van der Waals surface area contributed by atoms with E-state index >= 15 is 0 Å². The van der Waals surface area contributed by atoms with Crippen LogP contribution in [-0.4, -0.2) is 18.7 Å². The Balaban J connectivity index is 2.44. The number of Topliss-reactive ketones (excluding diaryl/α,β-unsaturated/α-hetero) is 1. The van der Waals surface area contributed by atoms with Gasteiger partial charge in [0.05, 0.1) is 0 Å². The zero-order valence-electron chi connectivity index (χ0n) is 10.4. The third kappa shape index (κ3) is 2.66. The lowest BCUT2D eigenvalue weighted by molar-refractivity contribution is 0.0940. The highest BCUT2D eigenvalue weighted by molar-refractivity contribution is 7.51. The fourth-order valence-electron chi connectivity index (χ4n) is 1.70. The maximum absolute atomic E-state index is 12.1. The fraction of sp³-hybridized carbons (Fsp3) is 0.167. The molecule has 0 amide bonds. The summed E-state index contributed by atoms with van der Waals surface area (Å²) in [5.41, 5.74) is 6.53. The molecule has 0 aliphatic heterocycles. The van der Waals surface area contributed by atoms with Gasteiger partial charge in [0.15, 0.2) is 11.5 Å². The molecule has 100 valence electrons. The average Bonchev–Trinajstić information content (AvgIpc) is 2.35. The molecular formula is C12H12NO5P. The molecule has 0 aromatic heterocycles. The molecule has 1 atom stereocenters. The highest BCUT2D eigenvalue weighted by atomic mass is 31.2. The van der Waals surface area contributed by atoms with Gasteiger partial charge in [-0.1, -0.05) is 17.7 Å². The summed E-state index contributed by atoms with van der Waals surface area (Å²) in [6, 6.07) is 4.86. The zero-order valence-corrected chi connectivity index (χ0v) is 11.3. The second kappa shape index (κ2) is 4.74. The van der Waals surface area contributed by atoms with Gasteiger partial charge < -0.3 is 4.52 Å². The Hall–Kier alpha value is -1.75. The van der Waals surface area contributed by atoms with Crippen LogP contribution in [0.3, 0.4) is 0 Å². The van der Waals surface area contributed by atoms with E-state index in [2.05, 4.69) is 4.52 Å². The van der Waals surface area contributed by atoms with Crippen molar-refractivity contribution < 1.29 is 23.2 Å². The van der Waals surface area contributed by atoms with E-state index in [1.165, 1.54) is 0 Å². The lowest BCUT2D eigenvalue weighted by Crippen LogP contribution is -2.19. The number of carbonyl (C=O) groups is 2. The summed E-state index contributed by atoms with van der Waals surface area (Å²) in [6.07, 6.45) is 0.971. The van der Waals surface area contributed by atoms with Gasteiger partial charge in [-0.15, -0.1) is 0 Å². The number of hydrogen-bond acceptors (Lipinski definition) is 5. The number of aryl methyl sites for hydroxylation is 1. The second-order valence-corrected chi connectivity index (χ2v) is 5.69. The van der Waals surface area contributed by atoms with E-state index in [0.29, 0.717) is 0 Å². The van der Waals surface area contributed by atoms with E-state index in [1.54, 1.807) is 25.1 Å². The van der Waals surface area contributed by atoms with Crippen LogP contribution in [0.2, 0.25) is 0 Å². The summed E-state index contributed by atoms with van der Waals surface area (Å²) < 4.78 is 20.8. The molecule has 2 N–H and O–H groups in total. The molecule has 0 fully saturated rings. The molecule has 0 bridgehead atoms. The summed E-state index contributed by atoms with van der Waals surface area (Å²) in [5, 5.41) is 0. The zero-order chi connectivity index (χ0) is 14.2. The van der Waals surface area contributed by atoms with Crippen molar-refractivity contribution in [2.75, 3.05) is 7.11 Å². The predicted molar refractivity (Wildman–Crippen MR) is 67.8 cm³/mol. The standard InChI is InChI=1S/C12H12NO5P/c1-7-3-4-8-9(5-7)12(15)11(6-10(8)14)18-19(13,16)17-2/h3-6H,1-2H3,(H2,13,16). The fourth-order valence-corrected chi connectivity index (χ4v) is 2.18. The monoisotopic (exact) mass is 281 g/mol. The third-order valence-electron chi connectivity index (χ3n) is 2.65. The van der Waals surface area contributed by atoms with Gasteiger partial charge in [-0.3, -0.25) is 14.1 Å². The number of benzene rings is 1. The molecule has 0 spiro atoms. The van der Waals surface area contributed by atoms with Gasteiger partial charge in [0.2, 0.25) is 5.78 Å². The molecule has 1 aromatic rings. The van der Waals surface area contributed by atoms with Crippen molar-refractivity contribution in [1.82, 2.24) is 0 Å². The summed E-state index contributed by atoms with van der Waals surface area (Å²) in [5.74, 6) is -1.31. The molecule has 1 aliphatic carbocycles. The van der Waals surface area contributed by atoms with Crippen LogP contribution in [0, 0.1) is 6.92 Å². The van der Waals surface area contributed by atoms with Crippen LogP contribution in [0.15, 0.2) is 30.0 Å². The van der Waals surface area contributed by atoms with Gasteiger partial charge in [0.1, 0.15) is 0 Å².